The molecular formula is C18H16F2N4O. The molecule has 2 aromatic carbocycles. The number of hydrogen-bond donors (Lipinski definition) is 1. The van der Waals surface area contributed by atoms with Gasteiger partial charge in [0, 0.05) is 31.1 Å². The van der Waals surface area contributed by atoms with E-state index in [9.17, 15) is 13.6 Å². The Morgan fingerprint density at radius 1 is 1.08 bits per heavy atom. The van der Waals surface area contributed by atoms with Crippen molar-refractivity contribution in [2.24, 2.45) is 7.05 Å². The molecular weight excluding hydrogens is 326 g/mol. The van der Waals surface area contributed by atoms with Crippen molar-refractivity contribution in [2.45, 2.75) is 6.42 Å². The molecule has 128 valence electrons. The molecule has 0 aliphatic carbocycles. The maximum atomic E-state index is 13.2. The van der Waals surface area contributed by atoms with Gasteiger partial charge in [-0.2, -0.15) is 0 Å². The lowest BCUT2D eigenvalue weighted by Gasteiger charge is -2.06. The summed E-state index contributed by atoms with van der Waals surface area (Å²) in [5.74, 6) is -1.05. The highest BCUT2D eigenvalue weighted by molar-refractivity contribution is 5.94. The quantitative estimate of drug-likeness (QED) is 0.776. The normalized spacial score (nSPS) is 10.7. The molecule has 3 rings (SSSR count). The molecule has 0 radical (unpaired) electrons. The highest BCUT2D eigenvalue weighted by Crippen LogP contribution is 2.16. The molecule has 0 saturated carbocycles. The fraction of sp³-hybridized carbons (Fsp3) is 0.167. The molecule has 0 aliphatic heterocycles. The summed E-state index contributed by atoms with van der Waals surface area (Å²) in [5, 5.41) is 11.0. The lowest BCUT2D eigenvalue weighted by Crippen LogP contribution is -2.26. The van der Waals surface area contributed by atoms with Crippen molar-refractivity contribution in [1.29, 1.82) is 0 Å². The highest BCUT2D eigenvalue weighted by atomic mass is 19.2. The Hall–Kier alpha value is -3.09. The minimum Gasteiger partial charge on any atom is -0.352 e. The fourth-order valence-electron chi connectivity index (χ4n) is 2.45. The van der Waals surface area contributed by atoms with Crippen LogP contribution in [-0.4, -0.2) is 27.2 Å². The molecule has 0 bridgehead atoms. The Balaban J connectivity index is 1.62. The number of hydrogen-bond acceptors (Lipinski definition) is 3. The van der Waals surface area contributed by atoms with Crippen LogP contribution >= 0.6 is 0 Å². The van der Waals surface area contributed by atoms with Gasteiger partial charge in [-0.05, 0) is 18.2 Å². The monoisotopic (exact) mass is 342 g/mol. The third-order valence-electron chi connectivity index (χ3n) is 3.81. The first-order valence-electron chi connectivity index (χ1n) is 7.73. The summed E-state index contributed by atoms with van der Waals surface area (Å²) in [4.78, 5) is 12.0. The molecule has 1 aromatic heterocycles. The SMILES string of the molecule is Cn1c(CCNC(=O)c2ccc(F)c(F)c2)nnc1-c1ccccc1. The molecule has 1 N–H and O–H groups in total. The van der Waals surface area contributed by atoms with Crippen molar-refractivity contribution in [3.8, 4) is 11.4 Å². The van der Waals surface area contributed by atoms with E-state index in [1.165, 1.54) is 6.07 Å². The van der Waals surface area contributed by atoms with Gasteiger partial charge >= 0.3 is 0 Å². The summed E-state index contributed by atoms with van der Waals surface area (Å²) < 4.78 is 27.9. The second kappa shape index (κ2) is 7.21. The Labute approximate surface area is 143 Å². The average Bonchev–Trinajstić information content (AvgIpc) is 2.99. The summed E-state index contributed by atoms with van der Waals surface area (Å²) in [6.07, 6.45) is 0.464. The summed E-state index contributed by atoms with van der Waals surface area (Å²) >= 11 is 0. The maximum Gasteiger partial charge on any atom is 0.251 e. The summed E-state index contributed by atoms with van der Waals surface area (Å²) in [6, 6.07) is 12.7. The van der Waals surface area contributed by atoms with E-state index in [1.807, 2.05) is 41.9 Å². The lowest BCUT2D eigenvalue weighted by atomic mass is 10.2. The summed E-state index contributed by atoms with van der Waals surface area (Å²) in [6.45, 7) is 0.304. The predicted octanol–water partition coefficient (Wildman–Crippen LogP) is 2.73. The van der Waals surface area contributed by atoms with E-state index in [4.69, 9.17) is 0 Å². The van der Waals surface area contributed by atoms with E-state index in [-0.39, 0.29) is 5.56 Å². The van der Waals surface area contributed by atoms with Gasteiger partial charge in [0.1, 0.15) is 5.82 Å². The van der Waals surface area contributed by atoms with E-state index in [0.717, 1.165) is 23.5 Å². The number of benzene rings is 2. The molecule has 25 heavy (non-hydrogen) atoms. The molecule has 0 spiro atoms. The first-order valence-corrected chi connectivity index (χ1v) is 7.73. The van der Waals surface area contributed by atoms with Gasteiger partial charge in [0.2, 0.25) is 0 Å². The molecule has 0 atom stereocenters. The number of halogens is 2. The van der Waals surface area contributed by atoms with Crippen molar-refractivity contribution in [2.75, 3.05) is 6.54 Å². The van der Waals surface area contributed by atoms with Gasteiger partial charge in [-0.3, -0.25) is 4.79 Å². The van der Waals surface area contributed by atoms with Crippen LogP contribution in [0.2, 0.25) is 0 Å². The average molecular weight is 342 g/mol. The molecule has 1 amide bonds. The lowest BCUT2D eigenvalue weighted by molar-refractivity contribution is 0.0953. The van der Waals surface area contributed by atoms with Crippen molar-refractivity contribution in [3.63, 3.8) is 0 Å². The summed E-state index contributed by atoms with van der Waals surface area (Å²) in [7, 11) is 1.86. The standard InChI is InChI=1S/C18H16F2N4O/c1-24-16(22-23-17(24)12-5-3-2-4-6-12)9-10-21-18(25)13-7-8-14(19)15(20)11-13/h2-8,11H,9-10H2,1H3,(H,21,25). The number of nitrogens with zero attached hydrogens (tertiary/aromatic N) is 3. The van der Waals surface area contributed by atoms with Gasteiger partial charge < -0.3 is 9.88 Å². The van der Waals surface area contributed by atoms with E-state index in [1.54, 1.807) is 0 Å². The molecule has 0 unspecified atom stereocenters. The first kappa shape index (κ1) is 16.8. The van der Waals surface area contributed by atoms with E-state index < -0.39 is 17.5 Å². The largest absolute Gasteiger partial charge is 0.352 e. The van der Waals surface area contributed by atoms with E-state index >= 15 is 0 Å². The maximum absolute atomic E-state index is 13.2. The minimum atomic E-state index is -1.05. The molecule has 7 heteroatoms. The second-order valence-electron chi connectivity index (χ2n) is 5.50. The van der Waals surface area contributed by atoms with Crippen LogP contribution in [0.15, 0.2) is 48.5 Å². The zero-order chi connectivity index (χ0) is 17.8. The Kier molecular flexibility index (Phi) is 4.83. The van der Waals surface area contributed by atoms with E-state index in [2.05, 4.69) is 15.5 Å². The van der Waals surface area contributed by atoms with Gasteiger partial charge in [0.05, 0.1) is 0 Å². The van der Waals surface area contributed by atoms with Crippen LogP contribution in [0.5, 0.6) is 0 Å². The number of nitrogens with one attached hydrogen (secondary N) is 1. The Bertz CT molecular complexity index is 893. The van der Waals surface area contributed by atoms with Crippen molar-refractivity contribution < 1.29 is 13.6 Å². The van der Waals surface area contributed by atoms with Gasteiger partial charge in [0.15, 0.2) is 17.5 Å². The zero-order valence-electron chi connectivity index (χ0n) is 13.5. The van der Waals surface area contributed by atoms with Crippen LogP contribution in [0.25, 0.3) is 11.4 Å². The molecule has 0 fully saturated rings. The third-order valence-corrected chi connectivity index (χ3v) is 3.81. The molecule has 5 nitrogen and oxygen atoms in total. The number of rotatable bonds is 5. The van der Waals surface area contributed by atoms with Crippen molar-refractivity contribution in [1.82, 2.24) is 20.1 Å². The number of carbonyl (C=O) groups is 1. The van der Waals surface area contributed by atoms with E-state index in [0.29, 0.717) is 18.8 Å². The van der Waals surface area contributed by atoms with Crippen LogP contribution in [0.4, 0.5) is 8.78 Å². The first-order chi connectivity index (χ1) is 12.1. The Morgan fingerprint density at radius 3 is 2.56 bits per heavy atom. The predicted molar refractivity (Wildman–Crippen MR) is 88.8 cm³/mol. The number of carbonyl (C=O) groups excluding carboxylic acids is 1. The zero-order valence-corrected chi connectivity index (χ0v) is 13.5. The van der Waals surface area contributed by atoms with Gasteiger partial charge in [0.25, 0.3) is 5.91 Å². The summed E-state index contributed by atoms with van der Waals surface area (Å²) in [5.41, 5.74) is 1.02. The second-order valence-corrected chi connectivity index (χ2v) is 5.50. The number of aromatic nitrogens is 3. The van der Waals surface area contributed by atoms with Crippen LogP contribution in [0.1, 0.15) is 16.2 Å². The van der Waals surface area contributed by atoms with Crippen LogP contribution in [-0.2, 0) is 13.5 Å². The van der Waals surface area contributed by atoms with Gasteiger partial charge in [-0.15, -0.1) is 10.2 Å². The van der Waals surface area contributed by atoms with Crippen molar-refractivity contribution >= 4 is 5.91 Å². The fourth-order valence-corrected chi connectivity index (χ4v) is 2.45. The minimum absolute atomic E-state index is 0.0711. The van der Waals surface area contributed by atoms with Crippen molar-refractivity contribution in [3.05, 3.63) is 71.6 Å². The smallest absolute Gasteiger partial charge is 0.251 e. The molecule has 3 aromatic rings. The molecule has 0 saturated heterocycles. The molecule has 1 heterocycles. The van der Waals surface area contributed by atoms with Crippen LogP contribution in [0, 0.1) is 11.6 Å². The molecule has 0 aliphatic rings. The topological polar surface area (TPSA) is 59.8 Å². The van der Waals surface area contributed by atoms with Crippen LogP contribution in [0.3, 0.4) is 0 Å². The highest BCUT2D eigenvalue weighted by Gasteiger charge is 2.12. The van der Waals surface area contributed by atoms with Gasteiger partial charge in [-0.1, -0.05) is 30.3 Å². The van der Waals surface area contributed by atoms with Gasteiger partial charge in [-0.25, -0.2) is 8.78 Å². The van der Waals surface area contributed by atoms with Crippen LogP contribution < -0.4 is 5.32 Å². The number of amides is 1. The third kappa shape index (κ3) is 3.71. The Morgan fingerprint density at radius 2 is 1.84 bits per heavy atom.